The molecule has 0 spiro atoms. The Morgan fingerprint density at radius 1 is 1.17 bits per heavy atom. The van der Waals surface area contributed by atoms with Gasteiger partial charge in [-0.2, -0.15) is 0 Å². The van der Waals surface area contributed by atoms with E-state index in [-0.39, 0.29) is 38.2 Å². The Bertz CT molecular complexity index is 954. The van der Waals surface area contributed by atoms with Crippen LogP contribution in [0.25, 0.3) is 10.9 Å². The fourth-order valence-electron chi connectivity index (χ4n) is 2.14. The zero-order valence-corrected chi connectivity index (χ0v) is 13.6. The highest BCUT2D eigenvalue weighted by Crippen LogP contribution is 2.38. The first-order chi connectivity index (χ1) is 11.4. The van der Waals surface area contributed by atoms with Gasteiger partial charge in [0.1, 0.15) is 12.1 Å². The molecule has 0 unspecified atom stereocenters. The molecule has 24 heavy (non-hydrogen) atoms. The molecule has 0 saturated heterocycles. The molecule has 3 rings (SSSR count). The van der Waals surface area contributed by atoms with Gasteiger partial charge in [0, 0.05) is 6.07 Å². The second kappa shape index (κ2) is 6.26. The van der Waals surface area contributed by atoms with Crippen molar-refractivity contribution in [2.75, 3.05) is 12.4 Å². The van der Waals surface area contributed by atoms with E-state index in [0.29, 0.717) is 0 Å². The number of aromatic nitrogens is 2. The molecule has 0 radical (unpaired) electrons. The number of aromatic hydroxyl groups is 1. The molecule has 0 atom stereocenters. The summed E-state index contributed by atoms with van der Waals surface area (Å²) in [6, 6.07) is 4.06. The Balaban J connectivity index is 2.18. The van der Waals surface area contributed by atoms with Crippen LogP contribution in [0.2, 0.25) is 10.0 Å². The summed E-state index contributed by atoms with van der Waals surface area (Å²) in [5.41, 5.74) is 0.110. The number of anilines is 2. The van der Waals surface area contributed by atoms with Crippen molar-refractivity contribution in [2.24, 2.45) is 0 Å². The molecule has 1 heterocycles. The Labute approximate surface area is 144 Å². The third-order valence-corrected chi connectivity index (χ3v) is 4.09. The first-order valence-electron chi connectivity index (χ1n) is 6.54. The lowest BCUT2D eigenvalue weighted by molar-refractivity contribution is 0.359. The van der Waals surface area contributed by atoms with Gasteiger partial charge in [-0.1, -0.05) is 23.2 Å². The van der Waals surface area contributed by atoms with Gasteiger partial charge in [-0.05, 0) is 12.1 Å². The molecule has 1 aromatic heterocycles. The predicted molar refractivity (Wildman–Crippen MR) is 87.4 cm³/mol. The predicted octanol–water partition coefficient (Wildman–Crippen LogP) is 4.67. The van der Waals surface area contributed by atoms with Crippen molar-refractivity contribution in [1.82, 2.24) is 9.97 Å². The summed E-state index contributed by atoms with van der Waals surface area (Å²) in [7, 11) is 1.28. The number of benzene rings is 2. The molecule has 2 N–H and O–H groups in total. The number of fused-ring (bicyclic) bond motifs is 1. The minimum Gasteiger partial charge on any atom is -0.502 e. The van der Waals surface area contributed by atoms with Gasteiger partial charge in [0.05, 0.1) is 33.7 Å². The average molecular weight is 372 g/mol. The SMILES string of the molecule is COc1cc2ncnc(Nc3ccc(Cl)c(Cl)c3F)c2c(F)c1O. The van der Waals surface area contributed by atoms with Gasteiger partial charge >= 0.3 is 0 Å². The number of halogens is 4. The number of methoxy groups -OCH3 is 1. The molecule has 5 nitrogen and oxygen atoms in total. The topological polar surface area (TPSA) is 67.3 Å². The second-order valence-electron chi connectivity index (χ2n) is 4.71. The molecule has 2 aromatic carbocycles. The molecule has 0 amide bonds. The average Bonchev–Trinajstić information content (AvgIpc) is 2.58. The van der Waals surface area contributed by atoms with Gasteiger partial charge in [-0.15, -0.1) is 0 Å². The molecule has 3 aromatic rings. The first kappa shape index (κ1) is 16.5. The van der Waals surface area contributed by atoms with Crippen LogP contribution in [0.15, 0.2) is 24.5 Å². The van der Waals surface area contributed by atoms with Crippen LogP contribution >= 0.6 is 23.2 Å². The lowest BCUT2D eigenvalue weighted by Crippen LogP contribution is -2.01. The molecule has 0 aliphatic heterocycles. The van der Waals surface area contributed by atoms with Crippen molar-refractivity contribution in [2.45, 2.75) is 0 Å². The van der Waals surface area contributed by atoms with Crippen LogP contribution in [-0.2, 0) is 0 Å². The number of hydrogen-bond donors (Lipinski definition) is 2. The van der Waals surface area contributed by atoms with E-state index in [1.165, 1.54) is 25.3 Å². The van der Waals surface area contributed by atoms with Crippen LogP contribution in [0.4, 0.5) is 20.3 Å². The van der Waals surface area contributed by atoms with Gasteiger partial charge < -0.3 is 15.2 Å². The van der Waals surface area contributed by atoms with E-state index in [2.05, 4.69) is 15.3 Å². The highest BCUT2D eigenvalue weighted by atomic mass is 35.5. The third kappa shape index (κ3) is 2.65. The van der Waals surface area contributed by atoms with Gasteiger partial charge in [0.15, 0.2) is 23.1 Å². The van der Waals surface area contributed by atoms with E-state index in [0.717, 1.165) is 6.33 Å². The summed E-state index contributed by atoms with van der Waals surface area (Å²) >= 11 is 11.5. The van der Waals surface area contributed by atoms with Crippen molar-refractivity contribution in [3.8, 4) is 11.5 Å². The van der Waals surface area contributed by atoms with Crippen LogP contribution < -0.4 is 10.1 Å². The fourth-order valence-corrected chi connectivity index (χ4v) is 2.46. The maximum atomic E-state index is 14.5. The summed E-state index contributed by atoms with van der Waals surface area (Å²) in [4.78, 5) is 7.82. The van der Waals surface area contributed by atoms with E-state index >= 15 is 0 Å². The van der Waals surface area contributed by atoms with E-state index in [1.54, 1.807) is 0 Å². The fraction of sp³-hybridized carbons (Fsp3) is 0.0667. The maximum Gasteiger partial charge on any atom is 0.195 e. The number of phenols is 1. The van der Waals surface area contributed by atoms with Crippen LogP contribution in [-0.4, -0.2) is 22.2 Å². The van der Waals surface area contributed by atoms with Crippen molar-refractivity contribution >= 4 is 45.6 Å². The Hall–Kier alpha value is -2.38. The van der Waals surface area contributed by atoms with Gasteiger partial charge in [-0.25, -0.2) is 18.7 Å². The van der Waals surface area contributed by atoms with Crippen molar-refractivity contribution < 1.29 is 18.6 Å². The minimum absolute atomic E-state index is 0.0424. The van der Waals surface area contributed by atoms with E-state index in [9.17, 15) is 13.9 Å². The number of ether oxygens (including phenoxy) is 1. The first-order valence-corrected chi connectivity index (χ1v) is 7.30. The molecule has 0 bridgehead atoms. The lowest BCUT2D eigenvalue weighted by atomic mass is 10.2. The van der Waals surface area contributed by atoms with Crippen molar-refractivity contribution in [3.63, 3.8) is 0 Å². The van der Waals surface area contributed by atoms with Gasteiger partial charge in [-0.3, -0.25) is 0 Å². The summed E-state index contributed by atoms with van der Waals surface area (Å²) in [5.74, 6) is -2.63. The zero-order valence-electron chi connectivity index (χ0n) is 12.1. The standard InChI is InChI=1S/C15H9Cl2F2N3O2/c1-24-9-4-8-10(13(19)14(9)23)15(21-5-20-8)22-7-3-2-6(16)11(17)12(7)18/h2-5,23H,1H3,(H,20,21,22). The van der Waals surface area contributed by atoms with E-state index in [1.807, 2.05) is 0 Å². The summed E-state index contributed by atoms with van der Waals surface area (Å²) < 4.78 is 33.5. The monoisotopic (exact) mass is 371 g/mol. The van der Waals surface area contributed by atoms with E-state index < -0.39 is 17.4 Å². The number of rotatable bonds is 3. The molecule has 0 saturated carbocycles. The van der Waals surface area contributed by atoms with Crippen molar-refractivity contribution in [1.29, 1.82) is 0 Å². The largest absolute Gasteiger partial charge is 0.502 e. The highest BCUT2D eigenvalue weighted by molar-refractivity contribution is 6.42. The van der Waals surface area contributed by atoms with Crippen LogP contribution in [0.1, 0.15) is 0 Å². The number of phenolic OH excluding ortho intramolecular Hbond substituents is 1. The summed E-state index contributed by atoms with van der Waals surface area (Å²) in [5, 5.41) is 12.1. The molecule has 0 aliphatic rings. The Morgan fingerprint density at radius 3 is 2.62 bits per heavy atom. The van der Waals surface area contributed by atoms with E-state index in [4.69, 9.17) is 27.9 Å². The van der Waals surface area contributed by atoms with Crippen LogP contribution in [0.5, 0.6) is 11.5 Å². The number of nitrogens with one attached hydrogen (secondary N) is 1. The van der Waals surface area contributed by atoms with Crippen LogP contribution in [0, 0.1) is 11.6 Å². The maximum absolute atomic E-state index is 14.5. The Kier molecular flexibility index (Phi) is 4.29. The molecular formula is C15H9Cl2F2N3O2. The zero-order chi connectivity index (χ0) is 17.4. The quantitative estimate of drug-likeness (QED) is 0.654. The lowest BCUT2D eigenvalue weighted by Gasteiger charge is -2.12. The van der Waals surface area contributed by atoms with Crippen LogP contribution in [0.3, 0.4) is 0 Å². The summed E-state index contributed by atoms with van der Waals surface area (Å²) in [6.07, 6.45) is 1.16. The molecule has 124 valence electrons. The highest BCUT2D eigenvalue weighted by Gasteiger charge is 2.19. The van der Waals surface area contributed by atoms with Gasteiger partial charge in [0.2, 0.25) is 0 Å². The molecule has 0 aliphatic carbocycles. The molecule has 0 fully saturated rings. The smallest absolute Gasteiger partial charge is 0.195 e. The minimum atomic E-state index is -0.993. The van der Waals surface area contributed by atoms with Crippen molar-refractivity contribution in [3.05, 3.63) is 46.2 Å². The molecular weight excluding hydrogens is 363 g/mol. The second-order valence-corrected chi connectivity index (χ2v) is 5.49. The molecule has 9 heteroatoms. The normalized spacial score (nSPS) is 10.9. The Morgan fingerprint density at radius 2 is 1.92 bits per heavy atom. The third-order valence-electron chi connectivity index (χ3n) is 3.31. The number of hydrogen-bond acceptors (Lipinski definition) is 5. The number of nitrogens with zero attached hydrogens (tertiary/aromatic N) is 2. The van der Waals surface area contributed by atoms with Gasteiger partial charge in [0.25, 0.3) is 0 Å². The summed E-state index contributed by atoms with van der Waals surface area (Å²) in [6.45, 7) is 0.